The van der Waals surface area contributed by atoms with E-state index in [-0.39, 0.29) is 0 Å². The molecule has 0 saturated heterocycles. The number of benzene rings is 1. The number of aryl methyl sites for hydroxylation is 1. The minimum absolute atomic E-state index is 0.516. The van der Waals surface area contributed by atoms with Crippen LogP contribution in [-0.4, -0.2) is 9.78 Å². The summed E-state index contributed by atoms with van der Waals surface area (Å²) in [4.78, 5) is 0. The summed E-state index contributed by atoms with van der Waals surface area (Å²) in [5, 5.41) is 16.8. The van der Waals surface area contributed by atoms with Crippen LogP contribution in [0.2, 0.25) is 5.02 Å². The molecule has 86 valence electrons. The van der Waals surface area contributed by atoms with Crippen LogP contribution in [-0.2, 0) is 6.54 Å². The van der Waals surface area contributed by atoms with Crippen molar-refractivity contribution < 1.29 is 0 Å². The van der Waals surface area contributed by atoms with Crippen LogP contribution < -0.4 is 5.32 Å². The highest BCUT2D eigenvalue weighted by atomic mass is 35.5. The largest absolute Gasteiger partial charge is 0.352 e. The Morgan fingerprint density at radius 2 is 2.35 bits per heavy atom. The molecule has 0 spiro atoms. The monoisotopic (exact) mass is 246 g/mol. The third-order valence-corrected chi connectivity index (χ3v) is 2.57. The lowest BCUT2D eigenvalue weighted by atomic mass is 10.2. The van der Waals surface area contributed by atoms with E-state index in [0.29, 0.717) is 10.6 Å². The Morgan fingerprint density at radius 3 is 3.00 bits per heavy atom. The van der Waals surface area contributed by atoms with Crippen molar-refractivity contribution >= 4 is 23.0 Å². The van der Waals surface area contributed by atoms with Crippen molar-refractivity contribution in [1.82, 2.24) is 9.78 Å². The summed E-state index contributed by atoms with van der Waals surface area (Å²) in [5.41, 5.74) is 2.10. The van der Waals surface area contributed by atoms with E-state index in [0.717, 1.165) is 17.9 Å². The van der Waals surface area contributed by atoms with Crippen molar-refractivity contribution in [3.8, 4) is 6.07 Å². The Hall–Kier alpha value is -1.99. The average Bonchev–Trinajstić information content (AvgIpc) is 2.79. The maximum absolute atomic E-state index is 9.00. The number of nitrogens with one attached hydrogen (secondary N) is 1. The highest BCUT2D eigenvalue weighted by Crippen LogP contribution is 2.23. The van der Waals surface area contributed by atoms with Gasteiger partial charge in [-0.05, 0) is 25.1 Å². The first-order valence-corrected chi connectivity index (χ1v) is 5.60. The molecule has 0 radical (unpaired) electrons. The normalized spacial score (nSPS) is 9.94. The van der Waals surface area contributed by atoms with Crippen LogP contribution in [0.25, 0.3) is 0 Å². The number of hydrogen-bond acceptors (Lipinski definition) is 3. The Kier molecular flexibility index (Phi) is 3.31. The van der Waals surface area contributed by atoms with Crippen molar-refractivity contribution in [3.05, 3.63) is 41.2 Å². The van der Waals surface area contributed by atoms with E-state index in [9.17, 15) is 0 Å². The molecule has 0 bridgehead atoms. The molecule has 0 saturated carbocycles. The topological polar surface area (TPSA) is 53.6 Å². The molecule has 1 aromatic carbocycles. The van der Waals surface area contributed by atoms with E-state index in [4.69, 9.17) is 16.9 Å². The summed E-state index contributed by atoms with van der Waals surface area (Å²) in [6, 6.07) is 7.26. The number of aromatic nitrogens is 2. The fourth-order valence-corrected chi connectivity index (χ4v) is 1.65. The van der Waals surface area contributed by atoms with E-state index in [1.54, 1.807) is 24.4 Å². The summed E-state index contributed by atoms with van der Waals surface area (Å²) in [7, 11) is 0. The minimum Gasteiger partial charge on any atom is -0.352 e. The van der Waals surface area contributed by atoms with Gasteiger partial charge in [0.2, 0.25) is 0 Å². The Morgan fingerprint density at radius 1 is 1.53 bits per heavy atom. The highest BCUT2D eigenvalue weighted by molar-refractivity contribution is 6.30. The van der Waals surface area contributed by atoms with E-state index in [1.807, 2.05) is 17.8 Å². The zero-order valence-corrected chi connectivity index (χ0v) is 10.1. The van der Waals surface area contributed by atoms with Crippen LogP contribution in [0.4, 0.5) is 11.4 Å². The molecule has 5 heteroatoms. The molecule has 1 heterocycles. The number of nitriles is 1. The number of hydrogen-bond donors (Lipinski definition) is 1. The SMILES string of the molecule is CCn1cc(Nc2ccc(Cl)cc2C#N)cn1. The third-order valence-electron chi connectivity index (χ3n) is 2.34. The van der Waals surface area contributed by atoms with Gasteiger partial charge in [-0.1, -0.05) is 11.6 Å². The summed E-state index contributed by atoms with van der Waals surface area (Å²) < 4.78 is 1.81. The first-order chi connectivity index (χ1) is 8.22. The van der Waals surface area contributed by atoms with Crippen molar-refractivity contribution in [3.63, 3.8) is 0 Å². The molecule has 0 aliphatic rings. The van der Waals surface area contributed by atoms with Crippen LogP contribution in [0, 0.1) is 11.3 Å². The molecule has 0 atom stereocenters. The van der Waals surface area contributed by atoms with Gasteiger partial charge >= 0.3 is 0 Å². The second-order valence-electron chi connectivity index (χ2n) is 3.51. The quantitative estimate of drug-likeness (QED) is 0.905. The molecule has 0 aliphatic carbocycles. The van der Waals surface area contributed by atoms with E-state index >= 15 is 0 Å². The van der Waals surface area contributed by atoms with Gasteiger partial charge in [0.1, 0.15) is 6.07 Å². The summed E-state index contributed by atoms with van der Waals surface area (Å²) in [6.45, 7) is 2.83. The standard InChI is InChI=1S/C12H11ClN4/c1-2-17-8-11(7-15-17)16-12-4-3-10(13)5-9(12)6-14/h3-5,7-8,16H,2H2,1H3. The van der Waals surface area contributed by atoms with Gasteiger partial charge in [-0.2, -0.15) is 10.4 Å². The zero-order valence-electron chi connectivity index (χ0n) is 9.31. The predicted molar refractivity (Wildman–Crippen MR) is 67.4 cm³/mol. The molecule has 1 N–H and O–H groups in total. The van der Waals surface area contributed by atoms with Gasteiger partial charge in [0.15, 0.2) is 0 Å². The molecular weight excluding hydrogens is 236 g/mol. The molecule has 2 rings (SSSR count). The predicted octanol–water partition coefficient (Wildman–Crippen LogP) is 3.17. The molecule has 2 aromatic rings. The molecular formula is C12H11ClN4. The van der Waals surface area contributed by atoms with Gasteiger partial charge in [0.25, 0.3) is 0 Å². The Balaban J connectivity index is 2.27. The highest BCUT2D eigenvalue weighted by Gasteiger charge is 2.04. The van der Waals surface area contributed by atoms with Crippen molar-refractivity contribution in [1.29, 1.82) is 5.26 Å². The van der Waals surface area contributed by atoms with Crippen molar-refractivity contribution in [2.45, 2.75) is 13.5 Å². The van der Waals surface area contributed by atoms with Crippen LogP contribution in [0.3, 0.4) is 0 Å². The van der Waals surface area contributed by atoms with Crippen LogP contribution in [0.15, 0.2) is 30.6 Å². The Labute approximate surface area is 104 Å². The number of nitrogens with zero attached hydrogens (tertiary/aromatic N) is 3. The second kappa shape index (κ2) is 4.89. The minimum atomic E-state index is 0.516. The van der Waals surface area contributed by atoms with Crippen LogP contribution in [0.1, 0.15) is 12.5 Å². The smallest absolute Gasteiger partial charge is 0.101 e. The average molecular weight is 247 g/mol. The van der Waals surface area contributed by atoms with Gasteiger partial charge in [0.05, 0.1) is 23.1 Å². The molecule has 4 nitrogen and oxygen atoms in total. The first kappa shape index (κ1) is 11.5. The second-order valence-corrected chi connectivity index (χ2v) is 3.95. The molecule has 0 fully saturated rings. The fourth-order valence-electron chi connectivity index (χ4n) is 1.47. The molecule has 0 amide bonds. The molecule has 0 unspecified atom stereocenters. The van der Waals surface area contributed by atoms with Crippen molar-refractivity contribution in [2.24, 2.45) is 0 Å². The van der Waals surface area contributed by atoms with Gasteiger partial charge < -0.3 is 5.32 Å². The Bertz CT molecular complexity index is 568. The van der Waals surface area contributed by atoms with E-state index < -0.39 is 0 Å². The molecule has 17 heavy (non-hydrogen) atoms. The lowest BCUT2D eigenvalue weighted by Gasteiger charge is -2.05. The summed E-state index contributed by atoms with van der Waals surface area (Å²) in [5.74, 6) is 0. The maximum atomic E-state index is 9.00. The number of rotatable bonds is 3. The van der Waals surface area contributed by atoms with Gasteiger partial charge in [0, 0.05) is 17.8 Å². The summed E-state index contributed by atoms with van der Waals surface area (Å²) >= 11 is 5.83. The maximum Gasteiger partial charge on any atom is 0.101 e. The number of halogens is 1. The molecule has 1 aromatic heterocycles. The third kappa shape index (κ3) is 2.58. The van der Waals surface area contributed by atoms with Crippen molar-refractivity contribution in [2.75, 3.05) is 5.32 Å². The van der Waals surface area contributed by atoms with E-state index in [1.165, 1.54) is 0 Å². The lowest BCUT2D eigenvalue weighted by Crippen LogP contribution is -1.94. The first-order valence-electron chi connectivity index (χ1n) is 5.22. The van der Waals surface area contributed by atoms with Crippen LogP contribution in [0.5, 0.6) is 0 Å². The van der Waals surface area contributed by atoms with Gasteiger partial charge in [-0.3, -0.25) is 4.68 Å². The van der Waals surface area contributed by atoms with Gasteiger partial charge in [-0.25, -0.2) is 0 Å². The molecule has 0 aliphatic heterocycles. The number of anilines is 2. The van der Waals surface area contributed by atoms with Crippen LogP contribution >= 0.6 is 11.6 Å². The van der Waals surface area contributed by atoms with E-state index in [2.05, 4.69) is 16.5 Å². The lowest BCUT2D eigenvalue weighted by molar-refractivity contribution is 0.660. The van der Waals surface area contributed by atoms with Gasteiger partial charge in [-0.15, -0.1) is 0 Å². The zero-order chi connectivity index (χ0) is 12.3. The summed E-state index contributed by atoms with van der Waals surface area (Å²) in [6.07, 6.45) is 3.61. The fraction of sp³-hybridized carbons (Fsp3) is 0.167.